The van der Waals surface area contributed by atoms with E-state index in [-0.39, 0.29) is 30.1 Å². The Hall–Kier alpha value is -3.21. The lowest BCUT2D eigenvalue weighted by Gasteiger charge is -2.29. The van der Waals surface area contributed by atoms with Gasteiger partial charge in [0.15, 0.2) is 0 Å². The second-order valence-corrected chi connectivity index (χ2v) is 10.5. The number of fused-ring (bicyclic) bond motifs is 1. The summed E-state index contributed by atoms with van der Waals surface area (Å²) >= 11 is 6.30. The lowest BCUT2D eigenvalue weighted by molar-refractivity contribution is -0.136. The summed E-state index contributed by atoms with van der Waals surface area (Å²) in [5, 5.41) is 12.7. The van der Waals surface area contributed by atoms with E-state index in [9.17, 15) is 19.6 Å². The maximum atomic E-state index is 13.0. The van der Waals surface area contributed by atoms with Gasteiger partial charge in [-0.1, -0.05) is 55.3 Å². The van der Waals surface area contributed by atoms with Crippen molar-refractivity contribution in [2.75, 3.05) is 19.6 Å². The van der Waals surface area contributed by atoms with Crippen LogP contribution < -0.4 is 5.32 Å². The van der Waals surface area contributed by atoms with Crippen LogP contribution in [-0.4, -0.2) is 53.2 Å². The smallest absolute Gasteiger partial charge is 0.255 e. The van der Waals surface area contributed by atoms with E-state index in [1.807, 2.05) is 36.4 Å². The van der Waals surface area contributed by atoms with Gasteiger partial charge < -0.3 is 9.80 Å². The minimum Gasteiger partial charge on any atom is -0.322 e. The van der Waals surface area contributed by atoms with Crippen molar-refractivity contribution >= 4 is 29.3 Å². The summed E-state index contributed by atoms with van der Waals surface area (Å²) in [6.45, 7) is 5.34. The third kappa shape index (κ3) is 6.43. The van der Waals surface area contributed by atoms with Gasteiger partial charge >= 0.3 is 0 Å². The molecular weight excluding hydrogens is 500 g/mol. The number of hydrogen-bond acceptors (Lipinski definition) is 5. The van der Waals surface area contributed by atoms with Crippen LogP contribution in [0.4, 0.5) is 0 Å². The van der Waals surface area contributed by atoms with Gasteiger partial charge in [0, 0.05) is 23.6 Å². The number of unbranched alkanes of at least 4 members (excludes halogenated alkanes) is 2. The first-order chi connectivity index (χ1) is 18.4. The molecule has 7 nitrogen and oxygen atoms in total. The van der Waals surface area contributed by atoms with Gasteiger partial charge in [0.25, 0.3) is 5.91 Å². The molecule has 200 valence electrons. The number of nitrogens with zero attached hydrogens (tertiary/aromatic N) is 3. The number of nitriles is 1. The lowest BCUT2D eigenvalue weighted by atomic mass is 9.96. The molecule has 0 saturated carbocycles. The summed E-state index contributed by atoms with van der Waals surface area (Å²) in [6.07, 6.45) is 5.42. The first-order valence-electron chi connectivity index (χ1n) is 13.5. The topological polar surface area (TPSA) is 93.5 Å². The number of piperidine rings is 1. The number of amides is 3. The molecule has 0 spiro atoms. The van der Waals surface area contributed by atoms with E-state index in [2.05, 4.69) is 29.3 Å². The van der Waals surface area contributed by atoms with Crippen LogP contribution in [0, 0.1) is 11.3 Å². The zero-order valence-corrected chi connectivity index (χ0v) is 22.7. The van der Waals surface area contributed by atoms with Gasteiger partial charge in [-0.05, 0) is 80.6 Å². The number of carbonyl (C=O) groups is 3. The van der Waals surface area contributed by atoms with Gasteiger partial charge in [0.1, 0.15) is 6.04 Å². The molecule has 1 saturated heterocycles. The number of carbonyl (C=O) groups excluding carboxylic acids is 3. The minimum absolute atomic E-state index is 0.123. The molecule has 0 aliphatic carbocycles. The molecule has 1 unspecified atom stereocenters. The third-order valence-electron chi connectivity index (χ3n) is 7.72. The number of nitrogens with one attached hydrogen (secondary N) is 1. The standard InChI is InChI=1S/C30H35ClN4O3/c1-2-34(18-16-22(19-32)23-11-5-6-13-26(23)31)17-7-3-4-9-21-10-8-12-24-25(21)20-35(30(24)38)27-14-15-28(36)33-29(27)37/h5-6,8,10-13,22,27H,2-4,7,9,14-18,20H2,1H3,(H,33,36,37)/t22-,27?/m0/s1. The highest BCUT2D eigenvalue weighted by Crippen LogP contribution is 2.31. The molecule has 0 radical (unpaired) electrons. The first kappa shape index (κ1) is 27.8. The molecule has 2 aliphatic heterocycles. The molecule has 38 heavy (non-hydrogen) atoms. The van der Waals surface area contributed by atoms with Crippen molar-refractivity contribution in [3.05, 3.63) is 69.7 Å². The minimum atomic E-state index is -0.584. The molecule has 3 amide bonds. The number of imide groups is 1. The summed E-state index contributed by atoms with van der Waals surface area (Å²) in [5.74, 6) is -0.983. The second-order valence-electron chi connectivity index (χ2n) is 10.1. The first-order valence-corrected chi connectivity index (χ1v) is 13.9. The molecule has 8 heteroatoms. The summed E-state index contributed by atoms with van der Waals surface area (Å²) in [7, 11) is 0. The molecular formula is C30H35ClN4O3. The third-order valence-corrected chi connectivity index (χ3v) is 8.06. The van der Waals surface area contributed by atoms with Crippen LogP contribution in [0.15, 0.2) is 42.5 Å². The molecule has 0 bridgehead atoms. The van der Waals surface area contributed by atoms with E-state index >= 15 is 0 Å². The zero-order valence-electron chi connectivity index (χ0n) is 21.9. The highest BCUT2D eigenvalue weighted by molar-refractivity contribution is 6.31. The van der Waals surface area contributed by atoms with Crippen LogP contribution in [0.2, 0.25) is 5.02 Å². The van der Waals surface area contributed by atoms with Crippen molar-refractivity contribution in [2.24, 2.45) is 0 Å². The molecule has 2 aliphatic rings. The van der Waals surface area contributed by atoms with E-state index in [4.69, 9.17) is 11.6 Å². The monoisotopic (exact) mass is 534 g/mol. The molecule has 1 fully saturated rings. The van der Waals surface area contributed by atoms with Crippen molar-refractivity contribution < 1.29 is 14.4 Å². The number of hydrogen-bond donors (Lipinski definition) is 1. The molecule has 2 atom stereocenters. The Labute approximate surface area is 229 Å². The maximum absolute atomic E-state index is 13.0. The predicted octanol–water partition coefficient (Wildman–Crippen LogP) is 4.83. The Kier molecular flexibility index (Phi) is 9.54. The quantitative estimate of drug-likeness (QED) is 0.311. The van der Waals surface area contributed by atoms with E-state index in [1.165, 1.54) is 0 Å². The molecule has 0 aromatic heterocycles. The van der Waals surface area contributed by atoms with Crippen LogP contribution in [0.3, 0.4) is 0 Å². The van der Waals surface area contributed by atoms with Crippen LogP contribution in [0.5, 0.6) is 0 Å². The molecule has 4 rings (SSSR count). The van der Waals surface area contributed by atoms with E-state index in [1.54, 1.807) is 4.90 Å². The lowest BCUT2D eigenvalue weighted by Crippen LogP contribution is -2.52. The Balaban J connectivity index is 1.24. The fourth-order valence-corrected chi connectivity index (χ4v) is 5.77. The Morgan fingerprint density at radius 3 is 2.66 bits per heavy atom. The van der Waals surface area contributed by atoms with Crippen LogP contribution in [-0.2, 0) is 22.6 Å². The van der Waals surface area contributed by atoms with E-state index < -0.39 is 6.04 Å². The predicted molar refractivity (Wildman–Crippen MR) is 147 cm³/mol. The fraction of sp³-hybridized carbons (Fsp3) is 0.467. The Morgan fingerprint density at radius 2 is 1.92 bits per heavy atom. The number of aryl methyl sites for hydroxylation is 1. The van der Waals surface area contributed by atoms with Crippen molar-refractivity contribution in [1.82, 2.24) is 15.1 Å². The Bertz CT molecular complexity index is 1220. The number of rotatable bonds is 12. The maximum Gasteiger partial charge on any atom is 0.255 e. The van der Waals surface area contributed by atoms with Crippen molar-refractivity contribution in [3.63, 3.8) is 0 Å². The van der Waals surface area contributed by atoms with Crippen LogP contribution >= 0.6 is 11.6 Å². The average molecular weight is 535 g/mol. The molecule has 2 aromatic rings. The summed E-state index contributed by atoms with van der Waals surface area (Å²) in [6, 6.07) is 15.2. The van der Waals surface area contributed by atoms with Crippen molar-refractivity contribution in [3.8, 4) is 6.07 Å². The van der Waals surface area contributed by atoms with Gasteiger partial charge in [-0.2, -0.15) is 5.26 Å². The normalized spacial score (nSPS) is 17.9. The van der Waals surface area contributed by atoms with Crippen LogP contribution in [0.1, 0.15) is 78.4 Å². The van der Waals surface area contributed by atoms with Gasteiger partial charge in [-0.15, -0.1) is 0 Å². The van der Waals surface area contributed by atoms with Gasteiger partial charge in [-0.25, -0.2) is 0 Å². The van der Waals surface area contributed by atoms with E-state index in [0.29, 0.717) is 23.6 Å². The van der Waals surface area contributed by atoms with Crippen molar-refractivity contribution in [1.29, 1.82) is 5.26 Å². The van der Waals surface area contributed by atoms with Gasteiger partial charge in [0.2, 0.25) is 11.8 Å². The molecule has 2 heterocycles. The van der Waals surface area contributed by atoms with Crippen LogP contribution in [0.25, 0.3) is 0 Å². The van der Waals surface area contributed by atoms with Gasteiger partial charge in [-0.3, -0.25) is 19.7 Å². The molecule has 1 N–H and O–H groups in total. The largest absolute Gasteiger partial charge is 0.322 e. The molecule has 2 aromatic carbocycles. The zero-order chi connectivity index (χ0) is 27.1. The number of benzene rings is 2. The number of halogens is 1. The summed E-state index contributed by atoms with van der Waals surface area (Å²) < 4.78 is 0. The average Bonchev–Trinajstić information content (AvgIpc) is 3.25. The van der Waals surface area contributed by atoms with Gasteiger partial charge in [0.05, 0.1) is 12.0 Å². The second kappa shape index (κ2) is 13.0. The Morgan fingerprint density at radius 1 is 1.11 bits per heavy atom. The highest BCUT2D eigenvalue weighted by Gasteiger charge is 2.39. The summed E-state index contributed by atoms with van der Waals surface area (Å²) in [5.41, 5.74) is 3.75. The SMILES string of the molecule is CCN(CCCCCc1cccc2c1CN(C1CCC(=O)NC1=O)C2=O)CC[C@@H](C#N)c1ccccc1Cl. The highest BCUT2D eigenvalue weighted by atomic mass is 35.5. The fourth-order valence-electron chi connectivity index (χ4n) is 5.50. The van der Waals surface area contributed by atoms with E-state index in [0.717, 1.165) is 68.4 Å². The van der Waals surface area contributed by atoms with Crippen molar-refractivity contribution in [2.45, 2.75) is 70.4 Å². The summed E-state index contributed by atoms with van der Waals surface area (Å²) in [4.78, 5) is 40.9.